The zero-order valence-corrected chi connectivity index (χ0v) is 9.93. The second kappa shape index (κ2) is 3.19. The van der Waals surface area contributed by atoms with Crippen LogP contribution in [0.5, 0.6) is 0 Å². The van der Waals surface area contributed by atoms with E-state index in [4.69, 9.17) is 0 Å². The van der Waals surface area contributed by atoms with Crippen LogP contribution in [0.2, 0.25) is 0 Å². The van der Waals surface area contributed by atoms with Gasteiger partial charge in [-0.2, -0.15) is 0 Å². The number of carbonyl (C=O) groups is 1. The molecule has 3 heteroatoms. The number of hydrogen-bond acceptors (Lipinski definition) is 1. The van der Waals surface area contributed by atoms with Crippen molar-refractivity contribution in [3.63, 3.8) is 0 Å². The maximum atomic E-state index is 13.1. The molecule has 3 rings (SSSR count). The molecule has 0 bridgehead atoms. The van der Waals surface area contributed by atoms with Gasteiger partial charge in [0, 0.05) is 28.6 Å². The molecule has 0 unspecified atom stereocenters. The SMILES string of the molecule is CC1(C)CC(=O)c2c([nH]c3cc(F)ccc23)C1. The van der Waals surface area contributed by atoms with Gasteiger partial charge in [0.05, 0.1) is 0 Å². The van der Waals surface area contributed by atoms with E-state index in [0.717, 1.165) is 28.6 Å². The minimum absolute atomic E-state index is 0.0104. The van der Waals surface area contributed by atoms with Gasteiger partial charge in [0.1, 0.15) is 5.82 Å². The first-order chi connectivity index (χ1) is 7.96. The fourth-order valence-electron chi connectivity index (χ4n) is 2.74. The number of carbonyl (C=O) groups excluding carboxylic acids is 1. The number of ketones is 1. The average Bonchev–Trinajstić information content (AvgIpc) is 2.52. The topological polar surface area (TPSA) is 32.9 Å². The fourth-order valence-corrected chi connectivity index (χ4v) is 2.74. The van der Waals surface area contributed by atoms with Crippen LogP contribution < -0.4 is 0 Å². The Hall–Kier alpha value is -1.64. The second-order valence-electron chi connectivity index (χ2n) is 5.61. The molecule has 0 saturated carbocycles. The van der Waals surface area contributed by atoms with E-state index < -0.39 is 0 Å². The summed E-state index contributed by atoms with van der Waals surface area (Å²) in [5.41, 5.74) is 2.43. The van der Waals surface area contributed by atoms with Gasteiger partial charge in [-0.05, 0) is 30.0 Å². The summed E-state index contributed by atoms with van der Waals surface area (Å²) < 4.78 is 13.1. The summed E-state index contributed by atoms with van der Waals surface area (Å²) in [7, 11) is 0. The lowest BCUT2D eigenvalue weighted by Crippen LogP contribution is -2.26. The van der Waals surface area contributed by atoms with Crippen LogP contribution >= 0.6 is 0 Å². The lowest BCUT2D eigenvalue weighted by Gasteiger charge is -2.28. The van der Waals surface area contributed by atoms with E-state index in [1.165, 1.54) is 12.1 Å². The first-order valence-corrected chi connectivity index (χ1v) is 5.80. The quantitative estimate of drug-likeness (QED) is 0.740. The molecule has 17 heavy (non-hydrogen) atoms. The van der Waals surface area contributed by atoms with Crippen molar-refractivity contribution >= 4 is 16.7 Å². The molecule has 0 atom stereocenters. The zero-order valence-electron chi connectivity index (χ0n) is 9.93. The Morgan fingerprint density at radius 1 is 1.29 bits per heavy atom. The maximum Gasteiger partial charge on any atom is 0.165 e. The Balaban J connectivity index is 2.28. The van der Waals surface area contributed by atoms with E-state index in [1.54, 1.807) is 6.07 Å². The molecule has 1 aromatic heterocycles. The van der Waals surface area contributed by atoms with Crippen LogP contribution in [0.1, 0.15) is 36.3 Å². The van der Waals surface area contributed by atoms with Crippen LogP contribution in [-0.2, 0) is 6.42 Å². The lowest BCUT2D eigenvalue weighted by atomic mass is 9.76. The number of Topliss-reactive ketones (excluding diaryl/α,β-unsaturated/α-hetero) is 1. The fraction of sp³-hybridized carbons (Fsp3) is 0.357. The molecule has 1 heterocycles. The van der Waals surface area contributed by atoms with Crippen molar-refractivity contribution in [1.82, 2.24) is 4.98 Å². The Morgan fingerprint density at radius 2 is 2.06 bits per heavy atom. The van der Waals surface area contributed by atoms with Crippen molar-refractivity contribution in [2.75, 3.05) is 0 Å². The third kappa shape index (κ3) is 1.57. The number of rotatable bonds is 0. The summed E-state index contributed by atoms with van der Waals surface area (Å²) in [6.07, 6.45) is 1.40. The number of benzene rings is 1. The van der Waals surface area contributed by atoms with Gasteiger partial charge in [-0.1, -0.05) is 13.8 Å². The second-order valence-corrected chi connectivity index (χ2v) is 5.61. The molecule has 2 aromatic rings. The molecule has 0 fully saturated rings. The molecular formula is C14H14FNO. The first kappa shape index (κ1) is 10.5. The minimum Gasteiger partial charge on any atom is -0.358 e. The summed E-state index contributed by atoms with van der Waals surface area (Å²) in [5.74, 6) is -0.114. The molecule has 2 nitrogen and oxygen atoms in total. The monoisotopic (exact) mass is 231 g/mol. The highest BCUT2D eigenvalue weighted by atomic mass is 19.1. The highest BCUT2D eigenvalue weighted by Crippen LogP contribution is 2.37. The number of halogens is 1. The van der Waals surface area contributed by atoms with Crippen molar-refractivity contribution in [2.24, 2.45) is 5.41 Å². The van der Waals surface area contributed by atoms with Crippen molar-refractivity contribution in [3.05, 3.63) is 35.3 Å². The molecule has 1 aliphatic rings. The van der Waals surface area contributed by atoms with Gasteiger partial charge < -0.3 is 4.98 Å². The summed E-state index contributed by atoms with van der Waals surface area (Å²) in [4.78, 5) is 15.3. The van der Waals surface area contributed by atoms with Crippen molar-refractivity contribution in [2.45, 2.75) is 26.7 Å². The van der Waals surface area contributed by atoms with Gasteiger partial charge in [-0.25, -0.2) is 4.39 Å². The van der Waals surface area contributed by atoms with Gasteiger partial charge in [0.25, 0.3) is 0 Å². The Bertz CT molecular complexity index is 624. The van der Waals surface area contributed by atoms with E-state index in [0.29, 0.717) is 6.42 Å². The number of fused-ring (bicyclic) bond motifs is 3. The Labute approximate surface area is 98.8 Å². The summed E-state index contributed by atoms with van der Waals surface area (Å²) >= 11 is 0. The first-order valence-electron chi connectivity index (χ1n) is 5.80. The van der Waals surface area contributed by atoms with Crippen molar-refractivity contribution < 1.29 is 9.18 Å². The smallest absolute Gasteiger partial charge is 0.165 e. The molecule has 0 radical (unpaired) electrons. The number of aromatic nitrogens is 1. The van der Waals surface area contributed by atoms with Gasteiger partial charge >= 0.3 is 0 Å². The van der Waals surface area contributed by atoms with E-state index in [-0.39, 0.29) is 17.0 Å². The third-order valence-electron chi connectivity index (χ3n) is 3.41. The van der Waals surface area contributed by atoms with Crippen molar-refractivity contribution in [1.29, 1.82) is 0 Å². The van der Waals surface area contributed by atoms with Gasteiger partial charge in [-0.15, -0.1) is 0 Å². The Morgan fingerprint density at radius 3 is 2.82 bits per heavy atom. The average molecular weight is 231 g/mol. The largest absolute Gasteiger partial charge is 0.358 e. The maximum absolute atomic E-state index is 13.1. The number of aromatic amines is 1. The minimum atomic E-state index is -0.275. The van der Waals surface area contributed by atoms with Gasteiger partial charge in [-0.3, -0.25) is 4.79 Å². The molecule has 1 aromatic carbocycles. The molecule has 1 N–H and O–H groups in total. The predicted octanol–water partition coefficient (Wildman–Crippen LogP) is 3.46. The predicted molar refractivity (Wildman–Crippen MR) is 64.7 cm³/mol. The van der Waals surface area contributed by atoms with E-state index >= 15 is 0 Å². The summed E-state index contributed by atoms with van der Waals surface area (Å²) in [6, 6.07) is 4.55. The van der Waals surface area contributed by atoms with Crippen molar-refractivity contribution in [3.8, 4) is 0 Å². The molecular weight excluding hydrogens is 217 g/mol. The van der Waals surface area contributed by atoms with Crippen LogP contribution in [0.15, 0.2) is 18.2 Å². The highest BCUT2D eigenvalue weighted by Gasteiger charge is 2.33. The highest BCUT2D eigenvalue weighted by molar-refractivity contribution is 6.10. The molecule has 1 aliphatic carbocycles. The number of H-pyrrole nitrogens is 1. The molecule has 0 spiro atoms. The third-order valence-corrected chi connectivity index (χ3v) is 3.41. The molecule has 0 aliphatic heterocycles. The molecule has 0 amide bonds. The lowest BCUT2D eigenvalue weighted by molar-refractivity contribution is 0.0913. The standard InChI is InChI=1S/C14H14FNO/c1-14(2)6-11-13(12(17)7-14)9-4-3-8(15)5-10(9)16-11/h3-5,16H,6-7H2,1-2H3. The van der Waals surface area contributed by atoms with Crippen LogP contribution in [0.25, 0.3) is 10.9 Å². The van der Waals surface area contributed by atoms with Crippen LogP contribution in [0, 0.1) is 11.2 Å². The van der Waals surface area contributed by atoms with Crippen LogP contribution in [0.4, 0.5) is 4.39 Å². The molecule has 0 saturated heterocycles. The summed E-state index contributed by atoms with van der Waals surface area (Å²) in [6.45, 7) is 4.17. The van der Waals surface area contributed by atoms with Crippen LogP contribution in [0.3, 0.4) is 0 Å². The van der Waals surface area contributed by atoms with Crippen LogP contribution in [-0.4, -0.2) is 10.8 Å². The normalized spacial score (nSPS) is 18.4. The van der Waals surface area contributed by atoms with E-state index in [9.17, 15) is 9.18 Å². The summed E-state index contributed by atoms with van der Waals surface area (Å²) in [5, 5.41) is 0.849. The Kier molecular flexibility index (Phi) is 1.97. The van der Waals surface area contributed by atoms with Gasteiger partial charge in [0.15, 0.2) is 5.78 Å². The number of nitrogens with one attached hydrogen (secondary N) is 1. The van der Waals surface area contributed by atoms with E-state index in [2.05, 4.69) is 18.8 Å². The zero-order chi connectivity index (χ0) is 12.2. The molecule has 88 valence electrons. The number of hydrogen-bond donors (Lipinski definition) is 1. The van der Waals surface area contributed by atoms with Gasteiger partial charge in [0.2, 0.25) is 0 Å². The van der Waals surface area contributed by atoms with E-state index in [1.807, 2.05) is 0 Å².